The summed E-state index contributed by atoms with van der Waals surface area (Å²) < 4.78 is 4.49. The molecule has 0 fully saturated rings. The molecule has 2 rings (SSSR count). The fraction of sp³-hybridized carbons (Fsp3) is 0.111. The zero-order valence-electron chi connectivity index (χ0n) is 7.37. The van der Waals surface area contributed by atoms with Crippen molar-refractivity contribution < 1.29 is 9.53 Å². The number of carbonyl (C=O) groups excluding carboxylic acids is 1. The van der Waals surface area contributed by atoms with Gasteiger partial charge in [-0.25, -0.2) is 4.79 Å². The van der Waals surface area contributed by atoms with E-state index in [0.29, 0.717) is 0 Å². The van der Waals surface area contributed by atoms with Gasteiger partial charge in [0.15, 0.2) is 0 Å². The summed E-state index contributed by atoms with van der Waals surface area (Å²) in [4.78, 5) is 25.9. The number of methoxy groups -OCH3 is 1. The minimum absolute atomic E-state index is 0.0402. The second-order valence-corrected chi connectivity index (χ2v) is 3.62. The normalized spacial score (nSPS) is 10.4. The first-order chi connectivity index (χ1) is 6.72. The van der Waals surface area contributed by atoms with E-state index in [1.54, 1.807) is 0 Å². The first-order valence-corrected chi connectivity index (χ1v) is 4.79. The standard InChI is InChI=1S/C9H7NO3S/c1-13-9(12)6-4-5-2-3-14-8(5)10-7(6)11/h2-4H,1H3,(H,10,11). The van der Waals surface area contributed by atoms with Gasteiger partial charge in [0.05, 0.1) is 7.11 Å². The summed E-state index contributed by atoms with van der Waals surface area (Å²) >= 11 is 1.42. The molecule has 72 valence electrons. The number of pyridine rings is 1. The number of carbonyl (C=O) groups is 1. The lowest BCUT2D eigenvalue weighted by molar-refractivity contribution is 0.0599. The predicted molar refractivity (Wildman–Crippen MR) is 53.8 cm³/mol. The quantitative estimate of drug-likeness (QED) is 0.722. The maximum Gasteiger partial charge on any atom is 0.343 e. The van der Waals surface area contributed by atoms with E-state index in [1.807, 2.05) is 11.4 Å². The van der Waals surface area contributed by atoms with Gasteiger partial charge < -0.3 is 9.72 Å². The van der Waals surface area contributed by atoms with E-state index in [0.717, 1.165) is 10.2 Å². The van der Waals surface area contributed by atoms with Crippen molar-refractivity contribution in [3.63, 3.8) is 0 Å². The van der Waals surface area contributed by atoms with Crippen LogP contribution < -0.4 is 5.56 Å². The molecule has 2 heterocycles. The highest BCUT2D eigenvalue weighted by Gasteiger charge is 2.11. The molecule has 0 aliphatic carbocycles. The van der Waals surface area contributed by atoms with Crippen LogP contribution in [0, 0.1) is 0 Å². The highest BCUT2D eigenvalue weighted by Crippen LogP contribution is 2.17. The fourth-order valence-corrected chi connectivity index (χ4v) is 1.95. The number of aromatic nitrogens is 1. The summed E-state index contributed by atoms with van der Waals surface area (Å²) in [6.45, 7) is 0. The summed E-state index contributed by atoms with van der Waals surface area (Å²) in [5, 5.41) is 2.69. The lowest BCUT2D eigenvalue weighted by Gasteiger charge is -1.97. The maximum absolute atomic E-state index is 11.4. The summed E-state index contributed by atoms with van der Waals surface area (Å²) in [6, 6.07) is 3.37. The third-order valence-electron chi connectivity index (χ3n) is 1.87. The number of ether oxygens (including phenoxy) is 1. The van der Waals surface area contributed by atoms with Crippen LogP contribution in [0.15, 0.2) is 22.3 Å². The largest absolute Gasteiger partial charge is 0.465 e. The number of fused-ring (bicyclic) bond motifs is 1. The highest BCUT2D eigenvalue weighted by molar-refractivity contribution is 7.16. The molecule has 0 aliphatic rings. The van der Waals surface area contributed by atoms with Crippen molar-refractivity contribution in [2.75, 3.05) is 7.11 Å². The van der Waals surface area contributed by atoms with E-state index < -0.39 is 11.5 Å². The number of thiophene rings is 1. The Morgan fingerprint density at radius 1 is 1.57 bits per heavy atom. The molecule has 0 radical (unpaired) electrons. The second-order valence-electron chi connectivity index (χ2n) is 2.71. The molecule has 0 bridgehead atoms. The predicted octanol–water partition coefficient (Wildman–Crippen LogP) is 1.38. The van der Waals surface area contributed by atoms with Gasteiger partial charge in [-0.1, -0.05) is 0 Å². The molecule has 2 aromatic heterocycles. The Morgan fingerprint density at radius 2 is 2.36 bits per heavy atom. The molecule has 4 nitrogen and oxygen atoms in total. The van der Waals surface area contributed by atoms with Gasteiger partial charge in [0, 0.05) is 5.39 Å². The van der Waals surface area contributed by atoms with Gasteiger partial charge in [0.25, 0.3) is 5.56 Å². The van der Waals surface area contributed by atoms with E-state index in [9.17, 15) is 9.59 Å². The lowest BCUT2D eigenvalue weighted by atomic mass is 10.2. The lowest BCUT2D eigenvalue weighted by Crippen LogP contribution is -2.17. The van der Waals surface area contributed by atoms with E-state index >= 15 is 0 Å². The summed E-state index contributed by atoms with van der Waals surface area (Å²) in [5.41, 5.74) is -0.370. The molecule has 0 aliphatic heterocycles. The van der Waals surface area contributed by atoms with Crippen LogP contribution in [-0.2, 0) is 4.74 Å². The average Bonchev–Trinajstić information content (AvgIpc) is 2.62. The Balaban J connectivity index is 2.71. The van der Waals surface area contributed by atoms with Crippen molar-refractivity contribution in [2.45, 2.75) is 0 Å². The molecule has 2 aromatic rings. The van der Waals surface area contributed by atoms with Crippen LogP contribution in [0.2, 0.25) is 0 Å². The van der Waals surface area contributed by atoms with Crippen LogP contribution in [-0.4, -0.2) is 18.1 Å². The number of aromatic amines is 1. The molecule has 0 amide bonds. The topological polar surface area (TPSA) is 59.2 Å². The summed E-state index contributed by atoms with van der Waals surface area (Å²) in [5.74, 6) is -0.612. The third kappa shape index (κ3) is 1.31. The molecular weight excluding hydrogens is 202 g/mol. The van der Waals surface area contributed by atoms with Crippen LogP contribution in [0.5, 0.6) is 0 Å². The Labute approximate surface area is 83.1 Å². The van der Waals surface area contributed by atoms with Gasteiger partial charge in [-0.15, -0.1) is 11.3 Å². The van der Waals surface area contributed by atoms with Gasteiger partial charge >= 0.3 is 5.97 Å². The van der Waals surface area contributed by atoms with Gasteiger partial charge in [0.2, 0.25) is 0 Å². The van der Waals surface area contributed by atoms with E-state index in [1.165, 1.54) is 24.5 Å². The molecule has 0 spiro atoms. The van der Waals surface area contributed by atoms with Crippen LogP contribution in [0.3, 0.4) is 0 Å². The molecule has 0 unspecified atom stereocenters. The van der Waals surface area contributed by atoms with Crippen molar-refractivity contribution in [1.82, 2.24) is 4.98 Å². The first kappa shape index (κ1) is 8.96. The monoisotopic (exact) mass is 209 g/mol. The minimum atomic E-state index is -0.612. The summed E-state index contributed by atoms with van der Waals surface area (Å²) in [7, 11) is 1.25. The van der Waals surface area contributed by atoms with Crippen molar-refractivity contribution in [3.8, 4) is 0 Å². The van der Waals surface area contributed by atoms with Crippen molar-refractivity contribution in [1.29, 1.82) is 0 Å². The molecule has 0 atom stereocenters. The fourth-order valence-electron chi connectivity index (χ4n) is 1.19. The number of H-pyrrole nitrogens is 1. The molecule has 0 saturated carbocycles. The Hall–Kier alpha value is -1.62. The smallest absolute Gasteiger partial charge is 0.343 e. The highest BCUT2D eigenvalue weighted by atomic mass is 32.1. The van der Waals surface area contributed by atoms with Crippen molar-refractivity contribution >= 4 is 27.5 Å². The van der Waals surface area contributed by atoms with E-state index in [2.05, 4.69) is 9.72 Å². The van der Waals surface area contributed by atoms with Crippen molar-refractivity contribution in [2.24, 2.45) is 0 Å². The number of nitrogens with one attached hydrogen (secondary N) is 1. The van der Waals surface area contributed by atoms with E-state index in [-0.39, 0.29) is 5.56 Å². The number of rotatable bonds is 1. The molecule has 14 heavy (non-hydrogen) atoms. The number of hydrogen-bond acceptors (Lipinski definition) is 4. The van der Waals surface area contributed by atoms with Crippen molar-refractivity contribution in [3.05, 3.63) is 33.4 Å². The first-order valence-electron chi connectivity index (χ1n) is 3.91. The zero-order valence-corrected chi connectivity index (χ0v) is 8.18. The zero-order chi connectivity index (χ0) is 10.1. The average molecular weight is 209 g/mol. The van der Waals surface area contributed by atoms with Gasteiger partial charge in [0.1, 0.15) is 10.4 Å². The Kier molecular flexibility index (Phi) is 2.09. The van der Waals surface area contributed by atoms with Gasteiger partial charge in [-0.2, -0.15) is 0 Å². The minimum Gasteiger partial charge on any atom is -0.465 e. The molecule has 0 aromatic carbocycles. The molecule has 1 N–H and O–H groups in total. The Morgan fingerprint density at radius 3 is 3.07 bits per heavy atom. The Bertz CT molecular complexity index is 540. The second kappa shape index (κ2) is 3.26. The van der Waals surface area contributed by atoms with Crippen LogP contribution >= 0.6 is 11.3 Å². The maximum atomic E-state index is 11.4. The molecule has 0 saturated heterocycles. The SMILES string of the molecule is COC(=O)c1cc2ccsc2[nH]c1=O. The van der Waals surface area contributed by atoms with Gasteiger partial charge in [-0.05, 0) is 17.5 Å². The van der Waals surface area contributed by atoms with Crippen LogP contribution in [0.4, 0.5) is 0 Å². The molecular formula is C9H7NO3S. The van der Waals surface area contributed by atoms with Gasteiger partial charge in [-0.3, -0.25) is 4.79 Å². The number of esters is 1. The van der Waals surface area contributed by atoms with E-state index in [4.69, 9.17) is 0 Å². The number of hydrogen-bond donors (Lipinski definition) is 1. The van der Waals surface area contributed by atoms with Crippen LogP contribution in [0.25, 0.3) is 10.2 Å². The van der Waals surface area contributed by atoms with Crippen LogP contribution in [0.1, 0.15) is 10.4 Å². The third-order valence-corrected chi connectivity index (χ3v) is 2.72. The summed E-state index contributed by atoms with van der Waals surface area (Å²) in [6.07, 6.45) is 0. The molecule has 5 heteroatoms.